The Balaban J connectivity index is 1.60. The molecule has 0 bridgehead atoms. The summed E-state index contributed by atoms with van der Waals surface area (Å²) in [7, 11) is 0. The summed E-state index contributed by atoms with van der Waals surface area (Å²) < 4.78 is 4.44. The number of halogens is 2. The highest BCUT2D eigenvalue weighted by molar-refractivity contribution is 6.31. The van der Waals surface area contributed by atoms with Crippen molar-refractivity contribution < 1.29 is 4.79 Å². The van der Waals surface area contributed by atoms with Gasteiger partial charge in [-0.3, -0.25) is 9.20 Å². The number of aryl methyl sites for hydroxylation is 3. The fourth-order valence-electron chi connectivity index (χ4n) is 5.21. The van der Waals surface area contributed by atoms with Gasteiger partial charge >= 0.3 is 0 Å². The molecular formula is C30H25Cl2N3O. The Bertz CT molecular complexity index is 1580. The van der Waals surface area contributed by atoms with E-state index < -0.39 is 0 Å². The minimum atomic E-state index is -0.134. The Morgan fingerprint density at radius 1 is 0.833 bits per heavy atom. The van der Waals surface area contributed by atoms with Crippen LogP contribution in [0.5, 0.6) is 0 Å². The van der Waals surface area contributed by atoms with Crippen molar-refractivity contribution in [3.8, 4) is 22.4 Å². The molecule has 0 fully saturated rings. The number of amides is 1. The van der Waals surface area contributed by atoms with Gasteiger partial charge in [0.25, 0.3) is 5.91 Å². The second-order valence-electron chi connectivity index (χ2n) is 9.35. The van der Waals surface area contributed by atoms with Gasteiger partial charge in [0.1, 0.15) is 11.3 Å². The van der Waals surface area contributed by atoms with Crippen LogP contribution in [0.15, 0.2) is 79.0 Å². The third-order valence-electron chi connectivity index (χ3n) is 6.93. The molecular weight excluding hydrogens is 489 g/mol. The van der Waals surface area contributed by atoms with E-state index in [9.17, 15) is 4.79 Å². The van der Waals surface area contributed by atoms with E-state index in [1.165, 1.54) is 5.56 Å². The molecule has 1 aliphatic heterocycles. The molecule has 2 aromatic heterocycles. The van der Waals surface area contributed by atoms with Crippen LogP contribution in [0.4, 0.5) is 5.69 Å². The quantitative estimate of drug-likeness (QED) is 0.258. The van der Waals surface area contributed by atoms with Crippen molar-refractivity contribution in [3.63, 3.8) is 0 Å². The lowest BCUT2D eigenvalue weighted by Crippen LogP contribution is -2.15. The van der Waals surface area contributed by atoms with E-state index in [-0.39, 0.29) is 5.91 Å². The van der Waals surface area contributed by atoms with Crippen LogP contribution in [-0.2, 0) is 13.0 Å². The number of carbonyl (C=O) groups is 1. The number of nitrogens with zero attached hydrogens (tertiary/aromatic N) is 2. The lowest BCUT2D eigenvalue weighted by atomic mass is 9.97. The average molecular weight is 514 g/mol. The summed E-state index contributed by atoms with van der Waals surface area (Å²) in [5.41, 5.74) is 8.96. The highest BCUT2D eigenvalue weighted by atomic mass is 35.5. The van der Waals surface area contributed by atoms with Crippen molar-refractivity contribution >= 4 is 40.4 Å². The van der Waals surface area contributed by atoms with Gasteiger partial charge in [0, 0.05) is 39.6 Å². The van der Waals surface area contributed by atoms with Crippen LogP contribution in [0.3, 0.4) is 0 Å². The second kappa shape index (κ2) is 9.20. The fourth-order valence-corrected chi connectivity index (χ4v) is 5.47. The number of hydrogen-bond acceptors (Lipinski definition) is 1. The van der Waals surface area contributed by atoms with Crippen molar-refractivity contribution in [3.05, 3.63) is 106 Å². The average Bonchev–Trinajstić information content (AvgIpc) is 3.29. The van der Waals surface area contributed by atoms with Gasteiger partial charge in [0.05, 0.1) is 5.69 Å². The topological polar surface area (TPSA) is 38.4 Å². The zero-order chi connectivity index (χ0) is 24.8. The first-order chi connectivity index (χ1) is 17.5. The van der Waals surface area contributed by atoms with Crippen LogP contribution in [0.2, 0.25) is 10.0 Å². The van der Waals surface area contributed by atoms with Crippen molar-refractivity contribution in [2.75, 3.05) is 5.32 Å². The van der Waals surface area contributed by atoms with Crippen LogP contribution in [-0.4, -0.2) is 14.9 Å². The summed E-state index contributed by atoms with van der Waals surface area (Å²) in [4.78, 5) is 13.9. The number of rotatable bonds is 4. The number of carbonyl (C=O) groups excluding carboxylic acids is 1. The van der Waals surface area contributed by atoms with Gasteiger partial charge < -0.3 is 9.88 Å². The molecule has 6 rings (SSSR count). The van der Waals surface area contributed by atoms with Gasteiger partial charge in [-0.15, -0.1) is 0 Å². The molecule has 36 heavy (non-hydrogen) atoms. The third-order valence-corrected chi connectivity index (χ3v) is 7.44. The number of benzene rings is 3. The van der Waals surface area contributed by atoms with Gasteiger partial charge in [0.15, 0.2) is 0 Å². The van der Waals surface area contributed by atoms with Crippen LogP contribution in [0.25, 0.3) is 28.0 Å². The zero-order valence-corrected chi connectivity index (χ0v) is 21.4. The minimum Gasteiger partial charge on any atom is -0.325 e. The molecule has 6 heteroatoms. The molecule has 180 valence electrons. The van der Waals surface area contributed by atoms with Gasteiger partial charge in [-0.2, -0.15) is 0 Å². The number of aromatic nitrogens is 2. The summed E-state index contributed by atoms with van der Waals surface area (Å²) >= 11 is 12.4. The normalized spacial score (nSPS) is 13.1. The smallest absolute Gasteiger partial charge is 0.273 e. The van der Waals surface area contributed by atoms with E-state index in [0.717, 1.165) is 65.1 Å². The molecule has 4 nitrogen and oxygen atoms in total. The molecule has 0 radical (unpaired) electrons. The first kappa shape index (κ1) is 23.0. The molecule has 5 aromatic rings. The van der Waals surface area contributed by atoms with E-state index >= 15 is 0 Å². The van der Waals surface area contributed by atoms with Gasteiger partial charge in [-0.05, 0) is 73.7 Å². The van der Waals surface area contributed by atoms with E-state index in [1.54, 1.807) is 0 Å². The maximum Gasteiger partial charge on any atom is 0.273 e. The van der Waals surface area contributed by atoms with E-state index in [2.05, 4.69) is 20.5 Å². The summed E-state index contributed by atoms with van der Waals surface area (Å²) in [6.07, 6.45) is 5.13. The van der Waals surface area contributed by atoms with Crippen LogP contribution < -0.4 is 5.32 Å². The standard InChI is InChI=1S/C30H25Cl2N3O/c1-19-5-15-24(16-6-19)33-29(36)28-27(21-9-13-23(32)14-10-21)25-4-2-3-17-34-26(18-35(28)30(25)34)20-7-11-22(31)12-8-20/h5-16,18H,2-4,17H2,1H3,(H,33,36). The zero-order valence-electron chi connectivity index (χ0n) is 19.9. The van der Waals surface area contributed by atoms with Crippen LogP contribution in [0.1, 0.15) is 34.5 Å². The Kier molecular flexibility index (Phi) is 5.87. The van der Waals surface area contributed by atoms with Crippen molar-refractivity contribution in [2.45, 2.75) is 32.7 Å². The monoisotopic (exact) mass is 513 g/mol. The predicted molar refractivity (Wildman–Crippen MR) is 148 cm³/mol. The molecule has 0 atom stereocenters. The minimum absolute atomic E-state index is 0.134. The molecule has 0 aliphatic carbocycles. The van der Waals surface area contributed by atoms with Crippen molar-refractivity contribution in [1.82, 2.24) is 8.97 Å². The lowest BCUT2D eigenvalue weighted by molar-refractivity contribution is 0.102. The Morgan fingerprint density at radius 3 is 2.14 bits per heavy atom. The van der Waals surface area contributed by atoms with Gasteiger partial charge in [-0.1, -0.05) is 65.2 Å². The molecule has 1 amide bonds. The van der Waals surface area contributed by atoms with Gasteiger partial charge in [-0.25, -0.2) is 0 Å². The maximum atomic E-state index is 13.9. The molecule has 1 aliphatic rings. The molecule has 0 saturated heterocycles. The van der Waals surface area contributed by atoms with Crippen molar-refractivity contribution in [1.29, 1.82) is 0 Å². The SMILES string of the molecule is Cc1ccc(NC(=O)c2c(-c3ccc(Cl)cc3)c3c4n(c(-c5ccc(Cl)cc5)cn24)CCCC3)cc1. The van der Waals surface area contributed by atoms with E-state index in [0.29, 0.717) is 15.7 Å². The summed E-state index contributed by atoms with van der Waals surface area (Å²) in [6, 6.07) is 23.6. The number of imidazole rings is 1. The lowest BCUT2D eigenvalue weighted by Gasteiger charge is -2.10. The van der Waals surface area contributed by atoms with Gasteiger partial charge in [0.2, 0.25) is 0 Å². The van der Waals surface area contributed by atoms with Crippen LogP contribution in [0, 0.1) is 6.92 Å². The number of hydrogen-bond donors (Lipinski definition) is 1. The van der Waals surface area contributed by atoms with Crippen LogP contribution >= 0.6 is 23.2 Å². The molecule has 0 spiro atoms. The molecule has 0 saturated carbocycles. The largest absolute Gasteiger partial charge is 0.325 e. The Labute approximate surface area is 220 Å². The summed E-state index contributed by atoms with van der Waals surface area (Å²) in [6.45, 7) is 2.93. The Morgan fingerprint density at radius 2 is 1.47 bits per heavy atom. The highest BCUT2D eigenvalue weighted by Crippen LogP contribution is 2.40. The molecule has 3 heterocycles. The number of anilines is 1. The summed E-state index contributed by atoms with van der Waals surface area (Å²) in [5, 5.41) is 4.52. The van der Waals surface area contributed by atoms with Crippen molar-refractivity contribution in [2.24, 2.45) is 0 Å². The predicted octanol–water partition coefficient (Wildman–Crippen LogP) is 8.28. The third kappa shape index (κ3) is 4.01. The Hall–Kier alpha value is -3.47. The summed E-state index contributed by atoms with van der Waals surface area (Å²) in [5.74, 6) is -0.134. The van der Waals surface area contributed by atoms with E-state index in [4.69, 9.17) is 23.2 Å². The second-order valence-corrected chi connectivity index (χ2v) is 10.2. The highest BCUT2D eigenvalue weighted by Gasteiger charge is 2.29. The van der Waals surface area contributed by atoms with E-state index in [1.807, 2.05) is 79.7 Å². The first-order valence-corrected chi connectivity index (χ1v) is 12.9. The molecule has 1 N–H and O–H groups in total. The maximum absolute atomic E-state index is 13.9. The fraction of sp³-hybridized carbons (Fsp3) is 0.167. The number of nitrogens with one attached hydrogen (secondary N) is 1. The molecule has 3 aromatic carbocycles. The molecule has 0 unspecified atom stereocenters. The first-order valence-electron chi connectivity index (χ1n) is 12.2.